The fraction of sp³-hybridized carbons (Fsp3) is 0.385. The van der Waals surface area contributed by atoms with Gasteiger partial charge in [0.1, 0.15) is 19.0 Å². The van der Waals surface area contributed by atoms with Crippen molar-refractivity contribution in [2.75, 3.05) is 32.9 Å². The van der Waals surface area contributed by atoms with Crippen molar-refractivity contribution in [2.24, 2.45) is 16.6 Å². The standard InChI is InChI=1S/C13H20N4O4/c14-12(18)9-20-7-5-16-6-8-21-11-3-1-10(2-4-11)13(15)17-19/h1-4,16,19H,5-9H2,(H2,14,18)(H2,15,17). The van der Waals surface area contributed by atoms with E-state index >= 15 is 0 Å². The van der Waals surface area contributed by atoms with Gasteiger partial charge < -0.3 is 31.5 Å². The van der Waals surface area contributed by atoms with Gasteiger partial charge in [0.05, 0.1) is 6.61 Å². The maximum absolute atomic E-state index is 10.4. The molecule has 8 heteroatoms. The second-order valence-corrected chi connectivity index (χ2v) is 4.13. The molecule has 1 aromatic carbocycles. The molecule has 0 atom stereocenters. The molecule has 116 valence electrons. The Morgan fingerprint density at radius 3 is 2.48 bits per heavy atom. The Bertz CT molecular complexity index is 462. The predicted molar refractivity (Wildman–Crippen MR) is 77.3 cm³/mol. The minimum atomic E-state index is -0.478. The van der Waals surface area contributed by atoms with E-state index in [9.17, 15) is 4.79 Å². The van der Waals surface area contributed by atoms with Gasteiger partial charge >= 0.3 is 0 Å². The summed E-state index contributed by atoms with van der Waals surface area (Å²) in [6.45, 7) is 2.09. The highest BCUT2D eigenvalue weighted by Gasteiger charge is 1.99. The maximum Gasteiger partial charge on any atom is 0.243 e. The fourth-order valence-electron chi connectivity index (χ4n) is 1.46. The zero-order valence-corrected chi connectivity index (χ0v) is 11.6. The summed E-state index contributed by atoms with van der Waals surface area (Å²) in [5, 5.41) is 14.5. The molecule has 0 aromatic heterocycles. The van der Waals surface area contributed by atoms with Gasteiger partial charge in [0.2, 0.25) is 5.91 Å². The van der Waals surface area contributed by atoms with Crippen LogP contribution in [0.3, 0.4) is 0 Å². The van der Waals surface area contributed by atoms with Crippen LogP contribution in [0.2, 0.25) is 0 Å². The molecule has 0 bridgehead atoms. The van der Waals surface area contributed by atoms with Gasteiger partial charge in [0.15, 0.2) is 5.84 Å². The van der Waals surface area contributed by atoms with Crippen LogP contribution in [0.25, 0.3) is 0 Å². The first-order valence-corrected chi connectivity index (χ1v) is 6.41. The highest BCUT2D eigenvalue weighted by molar-refractivity contribution is 5.97. The fourth-order valence-corrected chi connectivity index (χ4v) is 1.46. The van der Waals surface area contributed by atoms with Crippen LogP contribution in [0.4, 0.5) is 0 Å². The van der Waals surface area contributed by atoms with Gasteiger partial charge in [-0.3, -0.25) is 4.79 Å². The summed E-state index contributed by atoms with van der Waals surface area (Å²) in [4.78, 5) is 10.4. The van der Waals surface area contributed by atoms with Crippen molar-refractivity contribution in [1.82, 2.24) is 5.32 Å². The van der Waals surface area contributed by atoms with Crippen molar-refractivity contribution >= 4 is 11.7 Å². The Morgan fingerprint density at radius 1 is 1.19 bits per heavy atom. The van der Waals surface area contributed by atoms with Crippen molar-refractivity contribution in [1.29, 1.82) is 0 Å². The number of amides is 1. The summed E-state index contributed by atoms with van der Waals surface area (Å²) in [5.41, 5.74) is 11.0. The number of nitrogens with one attached hydrogen (secondary N) is 1. The van der Waals surface area contributed by atoms with Crippen LogP contribution in [-0.2, 0) is 9.53 Å². The van der Waals surface area contributed by atoms with Crippen LogP contribution in [-0.4, -0.2) is 49.9 Å². The van der Waals surface area contributed by atoms with Crippen LogP contribution in [0.1, 0.15) is 5.56 Å². The van der Waals surface area contributed by atoms with E-state index in [1.165, 1.54) is 0 Å². The maximum atomic E-state index is 10.4. The number of amidine groups is 1. The van der Waals surface area contributed by atoms with Crippen molar-refractivity contribution in [3.8, 4) is 5.75 Å². The monoisotopic (exact) mass is 296 g/mol. The van der Waals surface area contributed by atoms with E-state index in [1.54, 1.807) is 24.3 Å². The third-order valence-corrected chi connectivity index (χ3v) is 2.47. The summed E-state index contributed by atoms with van der Waals surface area (Å²) in [6, 6.07) is 6.89. The minimum absolute atomic E-state index is 0.0548. The number of rotatable bonds is 10. The lowest BCUT2D eigenvalue weighted by Crippen LogP contribution is -2.27. The van der Waals surface area contributed by atoms with Crippen LogP contribution < -0.4 is 21.5 Å². The summed E-state index contributed by atoms with van der Waals surface area (Å²) in [7, 11) is 0. The first kappa shape index (κ1) is 16.7. The Morgan fingerprint density at radius 2 is 1.86 bits per heavy atom. The molecule has 0 aliphatic rings. The van der Waals surface area contributed by atoms with Crippen molar-refractivity contribution in [2.45, 2.75) is 0 Å². The summed E-state index contributed by atoms with van der Waals surface area (Å²) in [6.07, 6.45) is 0. The molecule has 0 unspecified atom stereocenters. The lowest BCUT2D eigenvalue weighted by atomic mass is 10.2. The van der Waals surface area contributed by atoms with Crippen molar-refractivity contribution in [3.63, 3.8) is 0 Å². The number of oxime groups is 1. The van der Waals surface area contributed by atoms with E-state index in [-0.39, 0.29) is 12.4 Å². The van der Waals surface area contributed by atoms with Crippen LogP contribution in [0.15, 0.2) is 29.4 Å². The second-order valence-electron chi connectivity index (χ2n) is 4.13. The Hall–Kier alpha value is -2.32. The molecular formula is C13H20N4O4. The highest BCUT2D eigenvalue weighted by Crippen LogP contribution is 2.11. The summed E-state index contributed by atoms with van der Waals surface area (Å²) in [5.74, 6) is 0.268. The third kappa shape index (κ3) is 7.14. The molecule has 0 spiro atoms. The van der Waals surface area contributed by atoms with Gasteiger partial charge in [-0.15, -0.1) is 0 Å². The van der Waals surface area contributed by atoms with Gasteiger partial charge in [0, 0.05) is 18.7 Å². The first-order chi connectivity index (χ1) is 10.1. The van der Waals surface area contributed by atoms with E-state index < -0.39 is 5.91 Å². The van der Waals surface area contributed by atoms with Crippen molar-refractivity contribution < 1.29 is 19.5 Å². The van der Waals surface area contributed by atoms with E-state index in [0.717, 1.165) is 0 Å². The zero-order valence-electron chi connectivity index (χ0n) is 11.6. The SMILES string of the molecule is NC(=O)COCCNCCOc1ccc(/C(N)=N/O)cc1. The van der Waals surface area contributed by atoms with Crippen LogP contribution in [0.5, 0.6) is 5.75 Å². The van der Waals surface area contributed by atoms with Gasteiger partial charge in [-0.1, -0.05) is 5.16 Å². The number of nitrogens with two attached hydrogens (primary N) is 2. The molecule has 0 aliphatic carbocycles. The molecule has 0 heterocycles. The number of carbonyl (C=O) groups is 1. The number of nitrogens with zero attached hydrogens (tertiary/aromatic N) is 1. The molecular weight excluding hydrogens is 276 g/mol. The van der Waals surface area contributed by atoms with Gasteiger partial charge in [-0.2, -0.15) is 0 Å². The normalized spacial score (nSPS) is 11.3. The molecule has 1 aromatic rings. The summed E-state index contributed by atoms with van der Waals surface area (Å²) < 4.78 is 10.5. The van der Waals surface area contributed by atoms with Gasteiger partial charge in [-0.25, -0.2) is 0 Å². The number of ether oxygens (including phenoxy) is 2. The number of benzene rings is 1. The number of carbonyl (C=O) groups excluding carboxylic acids is 1. The molecule has 0 aliphatic heterocycles. The second kappa shape index (κ2) is 9.56. The number of primary amides is 1. The molecule has 0 radical (unpaired) electrons. The molecule has 6 N–H and O–H groups in total. The van der Waals surface area contributed by atoms with E-state index in [0.29, 0.717) is 37.6 Å². The number of hydrogen-bond donors (Lipinski definition) is 4. The average Bonchev–Trinajstić information content (AvgIpc) is 2.49. The largest absolute Gasteiger partial charge is 0.492 e. The van der Waals surface area contributed by atoms with Crippen LogP contribution in [0, 0.1) is 0 Å². The molecule has 8 nitrogen and oxygen atoms in total. The Labute approximate surface area is 122 Å². The van der Waals surface area contributed by atoms with Gasteiger partial charge in [-0.05, 0) is 24.3 Å². The van der Waals surface area contributed by atoms with E-state index in [4.69, 9.17) is 26.1 Å². The number of hydrogen-bond acceptors (Lipinski definition) is 6. The smallest absolute Gasteiger partial charge is 0.243 e. The lowest BCUT2D eigenvalue weighted by Gasteiger charge is -2.08. The van der Waals surface area contributed by atoms with Crippen molar-refractivity contribution in [3.05, 3.63) is 29.8 Å². The quantitative estimate of drug-likeness (QED) is 0.148. The van der Waals surface area contributed by atoms with Crippen LogP contribution >= 0.6 is 0 Å². The topological polar surface area (TPSA) is 132 Å². The lowest BCUT2D eigenvalue weighted by molar-refractivity contribution is -0.122. The zero-order chi connectivity index (χ0) is 15.5. The minimum Gasteiger partial charge on any atom is -0.492 e. The first-order valence-electron chi connectivity index (χ1n) is 6.41. The van der Waals surface area contributed by atoms with Gasteiger partial charge in [0.25, 0.3) is 0 Å². The Kier molecular flexibility index (Phi) is 7.62. The molecule has 21 heavy (non-hydrogen) atoms. The third-order valence-electron chi connectivity index (χ3n) is 2.47. The Balaban J connectivity index is 2.11. The molecule has 0 saturated carbocycles. The molecule has 0 saturated heterocycles. The molecule has 0 fully saturated rings. The molecule has 1 amide bonds. The molecule has 1 rings (SSSR count). The summed E-state index contributed by atoms with van der Waals surface area (Å²) >= 11 is 0. The predicted octanol–water partition coefficient (Wildman–Crippen LogP) is -0.749. The average molecular weight is 296 g/mol. The van der Waals surface area contributed by atoms with E-state index in [1.807, 2.05) is 0 Å². The van der Waals surface area contributed by atoms with E-state index in [2.05, 4.69) is 10.5 Å². The highest BCUT2D eigenvalue weighted by atomic mass is 16.5.